The summed E-state index contributed by atoms with van der Waals surface area (Å²) < 4.78 is 6.92. The molecule has 4 aromatic rings. The predicted molar refractivity (Wildman–Crippen MR) is 162 cm³/mol. The van der Waals surface area contributed by atoms with Crippen LogP contribution in [0.1, 0.15) is 50.7 Å². The molecule has 41 heavy (non-hydrogen) atoms. The van der Waals surface area contributed by atoms with Crippen LogP contribution in [0.25, 0.3) is 5.69 Å². The van der Waals surface area contributed by atoms with Crippen molar-refractivity contribution in [3.8, 4) is 5.69 Å². The molecular formula is C31H31N5O4S. The van der Waals surface area contributed by atoms with Gasteiger partial charge >= 0.3 is 5.97 Å². The van der Waals surface area contributed by atoms with Gasteiger partial charge in [0, 0.05) is 36.1 Å². The van der Waals surface area contributed by atoms with Crippen molar-refractivity contribution in [1.29, 1.82) is 0 Å². The first kappa shape index (κ1) is 28.0. The quantitative estimate of drug-likeness (QED) is 0.247. The molecule has 0 unspecified atom stereocenters. The molecule has 1 amide bonds. The summed E-state index contributed by atoms with van der Waals surface area (Å²) in [5.74, 6) is -1.22. The molecule has 3 N–H and O–H groups in total. The van der Waals surface area contributed by atoms with Crippen LogP contribution in [0, 0.1) is 20.8 Å². The van der Waals surface area contributed by atoms with Crippen LogP contribution in [0.15, 0.2) is 72.9 Å². The van der Waals surface area contributed by atoms with Crippen LogP contribution < -0.4 is 15.5 Å². The minimum Gasteiger partial charge on any atom is -0.478 e. The number of pyridine rings is 1. The van der Waals surface area contributed by atoms with Gasteiger partial charge in [-0.25, -0.2) is 4.79 Å². The minimum atomic E-state index is -0.987. The molecule has 0 spiro atoms. The molecule has 0 radical (unpaired) electrons. The highest BCUT2D eigenvalue weighted by Gasteiger charge is 2.42. The van der Waals surface area contributed by atoms with Gasteiger partial charge in [0.25, 0.3) is 0 Å². The number of aromatic carboxylic acids is 1. The van der Waals surface area contributed by atoms with E-state index in [0.29, 0.717) is 16.5 Å². The Morgan fingerprint density at radius 1 is 1.07 bits per heavy atom. The number of aromatic nitrogens is 2. The number of carboxylic acid groups (broad SMARTS) is 1. The number of ether oxygens (including phenoxy) is 1. The minimum absolute atomic E-state index is 0.0320. The Balaban J connectivity index is 1.63. The van der Waals surface area contributed by atoms with Crippen molar-refractivity contribution in [1.82, 2.24) is 14.9 Å². The van der Waals surface area contributed by atoms with Crippen molar-refractivity contribution in [3.05, 3.63) is 107 Å². The standard InChI is InChI=1S/C31H31N5O4S/c1-18-15-21(12-13-24(18)33-27(37)17-40-4)36-29(28(34-31(36)41)25-10-7-8-14-32-25)23-16-19(2)35(20(23)3)26-11-6-5-9-22(26)30(38)39/h5-16,28-29H,17H2,1-4H3,(H,33,37)(H,34,41)(H,38,39)/t28-,29+/m0/s1. The second kappa shape index (κ2) is 11.5. The first-order chi connectivity index (χ1) is 19.7. The van der Waals surface area contributed by atoms with E-state index in [0.717, 1.165) is 33.9 Å². The lowest BCUT2D eigenvalue weighted by Gasteiger charge is -2.29. The number of anilines is 2. The second-order valence-electron chi connectivity index (χ2n) is 9.96. The summed E-state index contributed by atoms with van der Waals surface area (Å²) in [5.41, 5.74) is 6.85. The maximum absolute atomic E-state index is 12.1. The van der Waals surface area contributed by atoms with Gasteiger partial charge in [0.2, 0.25) is 5.91 Å². The van der Waals surface area contributed by atoms with E-state index in [1.54, 1.807) is 18.3 Å². The third-order valence-corrected chi connectivity index (χ3v) is 7.61. The summed E-state index contributed by atoms with van der Waals surface area (Å²) >= 11 is 5.90. The Labute approximate surface area is 243 Å². The van der Waals surface area contributed by atoms with E-state index in [9.17, 15) is 14.7 Å². The number of amides is 1. The zero-order valence-electron chi connectivity index (χ0n) is 23.2. The monoisotopic (exact) mass is 569 g/mol. The zero-order valence-corrected chi connectivity index (χ0v) is 24.0. The van der Waals surface area contributed by atoms with Gasteiger partial charge in [-0.2, -0.15) is 0 Å². The molecular weight excluding hydrogens is 538 g/mol. The Morgan fingerprint density at radius 2 is 1.83 bits per heavy atom. The molecule has 2 aromatic heterocycles. The van der Waals surface area contributed by atoms with Crippen LogP contribution in [0.5, 0.6) is 0 Å². The average Bonchev–Trinajstić information content (AvgIpc) is 3.45. The van der Waals surface area contributed by atoms with E-state index < -0.39 is 5.97 Å². The fourth-order valence-corrected chi connectivity index (χ4v) is 5.86. The van der Waals surface area contributed by atoms with Gasteiger partial charge < -0.3 is 29.9 Å². The Morgan fingerprint density at radius 3 is 2.51 bits per heavy atom. The predicted octanol–water partition coefficient (Wildman–Crippen LogP) is 5.26. The number of methoxy groups -OCH3 is 1. The molecule has 2 aromatic carbocycles. The van der Waals surface area contributed by atoms with Crippen LogP contribution in [0.2, 0.25) is 0 Å². The number of hydrogen-bond donors (Lipinski definition) is 3. The average molecular weight is 570 g/mol. The molecule has 2 atom stereocenters. The molecule has 0 aliphatic carbocycles. The van der Waals surface area contributed by atoms with Crippen molar-refractivity contribution in [2.24, 2.45) is 0 Å². The fourth-order valence-electron chi connectivity index (χ4n) is 5.51. The first-order valence-corrected chi connectivity index (χ1v) is 13.5. The molecule has 0 bridgehead atoms. The number of hydrogen-bond acceptors (Lipinski definition) is 5. The lowest BCUT2D eigenvalue weighted by Crippen LogP contribution is -2.29. The second-order valence-corrected chi connectivity index (χ2v) is 10.3. The van der Waals surface area contributed by atoms with Crippen LogP contribution in [0.3, 0.4) is 0 Å². The molecule has 9 nitrogen and oxygen atoms in total. The van der Waals surface area contributed by atoms with E-state index in [1.165, 1.54) is 7.11 Å². The van der Waals surface area contributed by atoms with E-state index in [1.807, 2.05) is 73.9 Å². The highest BCUT2D eigenvalue weighted by molar-refractivity contribution is 7.80. The number of aryl methyl sites for hydroxylation is 2. The molecule has 3 heterocycles. The SMILES string of the molecule is COCC(=O)Nc1ccc(N2C(=S)N[C@@H](c3ccccn3)[C@H]2c2cc(C)n(-c3ccccc3C(=O)O)c2C)cc1C. The number of benzene rings is 2. The Kier molecular flexibility index (Phi) is 7.87. The number of carbonyl (C=O) groups excluding carboxylic acids is 1. The van der Waals surface area contributed by atoms with Crippen molar-refractivity contribution in [3.63, 3.8) is 0 Å². The number of carbonyl (C=O) groups is 2. The van der Waals surface area contributed by atoms with Crippen LogP contribution in [0.4, 0.5) is 11.4 Å². The molecule has 1 aliphatic heterocycles. The summed E-state index contributed by atoms with van der Waals surface area (Å²) in [6.07, 6.45) is 1.76. The maximum Gasteiger partial charge on any atom is 0.337 e. The van der Waals surface area contributed by atoms with E-state index in [-0.39, 0.29) is 30.2 Å². The van der Waals surface area contributed by atoms with E-state index >= 15 is 0 Å². The number of nitrogens with one attached hydrogen (secondary N) is 2. The van der Waals surface area contributed by atoms with Gasteiger partial charge in [0.15, 0.2) is 5.11 Å². The highest BCUT2D eigenvalue weighted by Crippen LogP contribution is 2.44. The van der Waals surface area contributed by atoms with Crippen LogP contribution in [-0.4, -0.2) is 45.4 Å². The third kappa shape index (κ3) is 5.31. The van der Waals surface area contributed by atoms with Gasteiger partial charge in [0.05, 0.1) is 29.0 Å². The molecule has 10 heteroatoms. The van der Waals surface area contributed by atoms with E-state index in [4.69, 9.17) is 17.0 Å². The third-order valence-electron chi connectivity index (χ3n) is 7.30. The van der Waals surface area contributed by atoms with Gasteiger partial charge in [-0.3, -0.25) is 9.78 Å². The fraction of sp³-hybridized carbons (Fsp3) is 0.226. The largest absolute Gasteiger partial charge is 0.478 e. The van der Waals surface area contributed by atoms with Crippen LogP contribution in [-0.2, 0) is 9.53 Å². The van der Waals surface area contributed by atoms with Crippen molar-refractivity contribution >= 4 is 40.6 Å². The number of para-hydroxylation sites is 1. The van der Waals surface area contributed by atoms with Gasteiger partial charge in [-0.1, -0.05) is 18.2 Å². The summed E-state index contributed by atoms with van der Waals surface area (Å²) in [7, 11) is 1.48. The summed E-state index contributed by atoms with van der Waals surface area (Å²) in [4.78, 5) is 30.9. The smallest absolute Gasteiger partial charge is 0.337 e. The summed E-state index contributed by atoms with van der Waals surface area (Å²) in [6, 6.07) is 20.1. The van der Waals surface area contributed by atoms with Gasteiger partial charge in [-0.15, -0.1) is 0 Å². The van der Waals surface area contributed by atoms with Crippen molar-refractivity contribution < 1.29 is 19.4 Å². The zero-order chi connectivity index (χ0) is 29.3. The number of carboxylic acids is 1. The van der Waals surface area contributed by atoms with Gasteiger partial charge in [0.1, 0.15) is 6.61 Å². The van der Waals surface area contributed by atoms with Crippen molar-refractivity contribution in [2.75, 3.05) is 23.9 Å². The van der Waals surface area contributed by atoms with Crippen LogP contribution >= 0.6 is 12.2 Å². The normalized spacial score (nSPS) is 16.5. The first-order valence-electron chi connectivity index (χ1n) is 13.1. The lowest BCUT2D eigenvalue weighted by atomic mass is 9.96. The Hall–Kier alpha value is -4.54. The van der Waals surface area contributed by atoms with Gasteiger partial charge in [-0.05, 0) is 92.6 Å². The number of nitrogens with zero attached hydrogens (tertiary/aromatic N) is 3. The maximum atomic E-state index is 12.1. The molecule has 1 saturated heterocycles. The highest BCUT2D eigenvalue weighted by atomic mass is 32.1. The molecule has 5 rings (SSSR count). The molecule has 210 valence electrons. The molecule has 0 saturated carbocycles. The number of rotatable bonds is 8. The molecule has 1 fully saturated rings. The Bertz CT molecular complexity index is 1630. The lowest BCUT2D eigenvalue weighted by molar-refractivity contribution is -0.119. The van der Waals surface area contributed by atoms with E-state index in [2.05, 4.69) is 26.6 Å². The topological polar surface area (TPSA) is 109 Å². The van der Waals surface area contributed by atoms with Crippen molar-refractivity contribution in [2.45, 2.75) is 32.9 Å². The summed E-state index contributed by atoms with van der Waals surface area (Å²) in [6.45, 7) is 5.86. The number of thiocarbonyl (C=S) groups is 1. The summed E-state index contributed by atoms with van der Waals surface area (Å²) in [5, 5.41) is 16.8. The molecule has 1 aliphatic rings.